The van der Waals surface area contributed by atoms with Crippen molar-refractivity contribution in [2.24, 2.45) is 11.8 Å². The molecule has 0 aromatic heterocycles. The van der Waals surface area contributed by atoms with E-state index < -0.39 is 0 Å². The summed E-state index contributed by atoms with van der Waals surface area (Å²) in [7, 11) is 0. The Labute approximate surface area is 136 Å². The fourth-order valence-corrected chi connectivity index (χ4v) is 3.79. The second kappa shape index (κ2) is 9.68. The van der Waals surface area contributed by atoms with Gasteiger partial charge in [-0.15, -0.1) is 12.4 Å². The minimum absolute atomic E-state index is 0. The topological polar surface area (TPSA) is 41.1 Å². The highest BCUT2D eigenvalue weighted by Crippen LogP contribution is 2.32. The summed E-state index contributed by atoms with van der Waals surface area (Å²) < 4.78 is 0. The molecule has 2 fully saturated rings. The molecule has 21 heavy (non-hydrogen) atoms. The fraction of sp³-hybridized carbons (Fsp3) is 0.941. The molecule has 1 saturated carbocycles. The van der Waals surface area contributed by atoms with Crippen LogP contribution in [0.15, 0.2) is 0 Å². The number of carbonyl (C=O) groups is 1. The van der Waals surface area contributed by atoms with Crippen LogP contribution in [0.3, 0.4) is 0 Å². The lowest BCUT2D eigenvalue weighted by molar-refractivity contribution is -0.127. The van der Waals surface area contributed by atoms with Crippen molar-refractivity contribution < 1.29 is 4.79 Å². The number of piperidine rings is 1. The van der Waals surface area contributed by atoms with E-state index in [4.69, 9.17) is 0 Å². The van der Waals surface area contributed by atoms with Crippen LogP contribution in [0.1, 0.15) is 71.6 Å². The minimum Gasteiger partial charge on any atom is -0.353 e. The van der Waals surface area contributed by atoms with Gasteiger partial charge in [0.15, 0.2) is 0 Å². The number of nitrogens with one attached hydrogen (secondary N) is 2. The lowest BCUT2D eigenvalue weighted by Gasteiger charge is -2.32. The first-order chi connectivity index (χ1) is 9.69. The SMILES string of the molecule is CCCCC1CCC(C(=O)NC2CCNC(C)C2)CC1.Cl. The van der Waals surface area contributed by atoms with Crippen LogP contribution in [0.4, 0.5) is 0 Å². The standard InChI is InChI=1S/C17H32N2O.ClH/c1-3-4-5-14-6-8-15(9-7-14)17(20)19-16-10-11-18-13(2)12-16;/h13-16,18H,3-12H2,1-2H3,(H,19,20);1H. The Hall–Kier alpha value is -0.280. The molecule has 2 atom stereocenters. The first-order valence-electron chi connectivity index (χ1n) is 8.72. The predicted molar refractivity (Wildman–Crippen MR) is 90.9 cm³/mol. The van der Waals surface area contributed by atoms with E-state index in [0.717, 1.165) is 38.1 Å². The average molecular weight is 317 g/mol. The molecule has 0 bridgehead atoms. The largest absolute Gasteiger partial charge is 0.353 e. The zero-order chi connectivity index (χ0) is 14.4. The van der Waals surface area contributed by atoms with Gasteiger partial charge in [-0.1, -0.05) is 26.2 Å². The van der Waals surface area contributed by atoms with Crippen molar-refractivity contribution in [3.05, 3.63) is 0 Å². The minimum atomic E-state index is 0. The zero-order valence-corrected chi connectivity index (χ0v) is 14.5. The molecule has 0 aromatic carbocycles. The summed E-state index contributed by atoms with van der Waals surface area (Å²) >= 11 is 0. The van der Waals surface area contributed by atoms with Crippen LogP contribution in [-0.2, 0) is 4.79 Å². The summed E-state index contributed by atoms with van der Waals surface area (Å²) in [6.07, 6.45) is 10.9. The van der Waals surface area contributed by atoms with Crippen molar-refractivity contribution in [2.75, 3.05) is 6.54 Å². The lowest BCUT2D eigenvalue weighted by atomic mass is 9.79. The van der Waals surface area contributed by atoms with E-state index in [9.17, 15) is 4.79 Å². The van der Waals surface area contributed by atoms with Crippen LogP contribution in [0.5, 0.6) is 0 Å². The third-order valence-corrected chi connectivity index (χ3v) is 5.15. The van der Waals surface area contributed by atoms with Crippen molar-refractivity contribution in [1.29, 1.82) is 0 Å². The van der Waals surface area contributed by atoms with Gasteiger partial charge in [0, 0.05) is 18.0 Å². The number of rotatable bonds is 5. The third kappa shape index (κ3) is 6.15. The Balaban J connectivity index is 0.00000220. The summed E-state index contributed by atoms with van der Waals surface area (Å²) in [5.74, 6) is 1.51. The normalized spacial score (nSPS) is 33.0. The maximum Gasteiger partial charge on any atom is 0.223 e. The van der Waals surface area contributed by atoms with E-state index in [1.165, 1.54) is 32.1 Å². The van der Waals surface area contributed by atoms with Gasteiger partial charge in [-0.2, -0.15) is 0 Å². The third-order valence-electron chi connectivity index (χ3n) is 5.15. The maximum atomic E-state index is 12.4. The van der Waals surface area contributed by atoms with Crippen molar-refractivity contribution in [2.45, 2.75) is 83.7 Å². The Morgan fingerprint density at radius 3 is 2.52 bits per heavy atom. The average Bonchev–Trinajstić information content (AvgIpc) is 2.45. The monoisotopic (exact) mass is 316 g/mol. The summed E-state index contributed by atoms with van der Waals surface area (Å²) in [6.45, 7) is 5.51. The van der Waals surface area contributed by atoms with E-state index in [2.05, 4.69) is 24.5 Å². The van der Waals surface area contributed by atoms with E-state index >= 15 is 0 Å². The second-order valence-electron chi connectivity index (χ2n) is 6.94. The summed E-state index contributed by atoms with van der Waals surface area (Å²) in [6, 6.07) is 0.940. The molecule has 1 aliphatic carbocycles. The van der Waals surface area contributed by atoms with Gasteiger partial charge in [-0.25, -0.2) is 0 Å². The Morgan fingerprint density at radius 1 is 1.19 bits per heavy atom. The molecule has 2 unspecified atom stereocenters. The highest BCUT2D eigenvalue weighted by Gasteiger charge is 2.28. The number of amides is 1. The molecule has 1 amide bonds. The molecule has 0 aromatic rings. The van der Waals surface area contributed by atoms with Gasteiger partial charge in [0.05, 0.1) is 0 Å². The number of hydrogen-bond acceptors (Lipinski definition) is 2. The fourth-order valence-electron chi connectivity index (χ4n) is 3.79. The lowest BCUT2D eigenvalue weighted by Crippen LogP contribution is -2.48. The van der Waals surface area contributed by atoms with Crippen LogP contribution in [0.25, 0.3) is 0 Å². The molecule has 2 N–H and O–H groups in total. The molecule has 124 valence electrons. The van der Waals surface area contributed by atoms with Crippen LogP contribution in [0, 0.1) is 11.8 Å². The van der Waals surface area contributed by atoms with E-state index in [1.807, 2.05) is 0 Å². The van der Waals surface area contributed by atoms with Crippen LogP contribution in [0.2, 0.25) is 0 Å². The summed E-state index contributed by atoms with van der Waals surface area (Å²) in [5, 5.41) is 6.74. The van der Waals surface area contributed by atoms with E-state index in [-0.39, 0.29) is 18.3 Å². The first-order valence-corrected chi connectivity index (χ1v) is 8.72. The highest BCUT2D eigenvalue weighted by molar-refractivity contribution is 5.85. The molecule has 0 radical (unpaired) electrons. The number of unbranched alkanes of at least 4 members (excludes halogenated alkanes) is 1. The van der Waals surface area contributed by atoms with E-state index in [0.29, 0.717) is 18.0 Å². The predicted octanol–water partition coefficient (Wildman–Crippen LogP) is 3.66. The highest BCUT2D eigenvalue weighted by atomic mass is 35.5. The molecular weight excluding hydrogens is 284 g/mol. The molecule has 2 rings (SSSR count). The Bertz CT molecular complexity index is 303. The van der Waals surface area contributed by atoms with Crippen LogP contribution < -0.4 is 10.6 Å². The van der Waals surface area contributed by atoms with Gasteiger partial charge < -0.3 is 10.6 Å². The summed E-state index contributed by atoms with van der Waals surface area (Å²) in [5.41, 5.74) is 0. The number of hydrogen-bond donors (Lipinski definition) is 2. The Kier molecular flexibility index (Phi) is 8.65. The molecule has 0 spiro atoms. The van der Waals surface area contributed by atoms with Crippen LogP contribution >= 0.6 is 12.4 Å². The van der Waals surface area contributed by atoms with Crippen molar-refractivity contribution >= 4 is 18.3 Å². The van der Waals surface area contributed by atoms with Crippen LogP contribution in [-0.4, -0.2) is 24.5 Å². The quantitative estimate of drug-likeness (QED) is 0.812. The second-order valence-corrected chi connectivity index (χ2v) is 6.94. The Morgan fingerprint density at radius 2 is 1.90 bits per heavy atom. The smallest absolute Gasteiger partial charge is 0.223 e. The molecule has 4 heteroatoms. The number of halogens is 1. The van der Waals surface area contributed by atoms with Crippen molar-refractivity contribution in [1.82, 2.24) is 10.6 Å². The van der Waals surface area contributed by atoms with Crippen molar-refractivity contribution in [3.8, 4) is 0 Å². The van der Waals surface area contributed by atoms with Gasteiger partial charge in [-0.3, -0.25) is 4.79 Å². The molecule has 1 aliphatic heterocycles. The summed E-state index contributed by atoms with van der Waals surface area (Å²) in [4.78, 5) is 12.4. The molecule has 2 aliphatic rings. The molecule has 3 nitrogen and oxygen atoms in total. The molecule has 1 heterocycles. The van der Waals surface area contributed by atoms with Gasteiger partial charge in [0.25, 0.3) is 0 Å². The maximum absolute atomic E-state index is 12.4. The first kappa shape index (κ1) is 18.8. The van der Waals surface area contributed by atoms with Gasteiger partial charge >= 0.3 is 0 Å². The van der Waals surface area contributed by atoms with Crippen molar-refractivity contribution in [3.63, 3.8) is 0 Å². The number of carbonyl (C=O) groups excluding carboxylic acids is 1. The van der Waals surface area contributed by atoms with Gasteiger partial charge in [0.2, 0.25) is 5.91 Å². The molecule has 1 saturated heterocycles. The zero-order valence-electron chi connectivity index (χ0n) is 13.7. The van der Waals surface area contributed by atoms with E-state index in [1.54, 1.807) is 0 Å². The van der Waals surface area contributed by atoms with Gasteiger partial charge in [-0.05, 0) is 57.9 Å². The van der Waals surface area contributed by atoms with Gasteiger partial charge in [0.1, 0.15) is 0 Å². The molecular formula is C17H33ClN2O.